The van der Waals surface area contributed by atoms with Crippen LogP contribution in [0.15, 0.2) is 22.8 Å². The topological polar surface area (TPSA) is 69.4 Å². The first kappa shape index (κ1) is 12.2. The van der Waals surface area contributed by atoms with E-state index in [1.165, 1.54) is 0 Å². The lowest BCUT2D eigenvalue weighted by Gasteiger charge is -2.11. The Bertz CT molecular complexity index is 525. The summed E-state index contributed by atoms with van der Waals surface area (Å²) in [7, 11) is 3.24. The summed E-state index contributed by atoms with van der Waals surface area (Å²) >= 11 is 0. The summed E-state index contributed by atoms with van der Waals surface area (Å²) in [5.74, 6) is 1.50. The van der Waals surface area contributed by atoms with Crippen molar-refractivity contribution in [2.24, 2.45) is 0 Å². The van der Waals surface area contributed by atoms with Gasteiger partial charge < -0.3 is 14.8 Å². The first-order valence-corrected chi connectivity index (χ1v) is 5.48. The predicted molar refractivity (Wildman–Crippen MR) is 65.9 cm³/mol. The molecule has 0 saturated carbocycles. The number of aryl methyl sites for hydroxylation is 1. The smallest absolute Gasteiger partial charge is 0.142 e. The lowest BCUT2D eigenvalue weighted by Crippen LogP contribution is -2.03. The van der Waals surface area contributed by atoms with E-state index in [0.29, 0.717) is 6.54 Å². The Balaban J connectivity index is 2.14. The fourth-order valence-corrected chi connectivity index (χ4v) is 1.54. The van der Waals surface area contributed by atoms with Gasteiger partial charge in [-0.05, 0) is 19.1 Å². The van der Waals surface area contributed by atoms with Crippen molar-refractivity contribution in [3.63, 3.8) is 0 Å². The average Bonchev–Trinajstić information content (AvgIpc) is 2.81. The van der Waals surface area contributed by atoms with Gasteiger partial charge in [-0.1, -0.05) is 10.3 Å². The van der Waals surface area contributed by atoms with Crippen molar-refractivity contribution < 1.29 is 14.1 Å². The van der Waals surface area contributed by atoms with E-state index in [1.807, 2.05) is 25.1 Å². The Morgan fingerprint density at radius 1 is 1.22 bits per heavy atom. The minimum atomic E-state index is 0.513. The molecule has 0 amide bonds. The quantitative estimate of drug-likeness (QED) is 0.874. The third-order valence-electron chi connectivity index (χ3n) is 2.60. The van der Waals surface area contributed by atoms with Crippen molar-refractivity contribution in [3.8, 4) is 11.5 Å². The molecule has 18 heavy (non-hydrogen) atoms. The van der Waals surface area contributed by atoms with Crippen molar-refractivity contribution in [2.75, 3.05) is 19.5 Å². The number of benzene rings is 1. The van der Waals surface area contributed by atoms with Crippen LogP contribution in [0.3, 0.4) is 0 Å². The molecule has 0 spiro atoms. The normalized spacial score (nSPS) is 10.2. The number of nitrogens with zero attached hydrogens (tertiary/aromatic N) is 2. The van der Waals surface area contributed by atoms with Crippen LogP contribution < -0.4 is 14.8 Å². The molecule has 0 radical (unpaired) electrons. The SMILES string of the molecule is COc1ccc(OC)c(NCc2nonc2C)c1. The monoisotopic (exact) mass is 249 g/mol. The second kappa shape index (κ2) is 5.39. The Kier molecular flexibility index (Phi) is 3.66. The molecule has 1 aromatic carbocycles. The number of anilines is 1. The minimum Gasteiger partial charge on any atom is -0.497 e. The largest absolute Gasteiger partial charge is 0.497 e. The van der Waals surface area contributed by atoms with Crippen molar-refractivity contribution in [1.82, 2.24) is 10.3 Å². The van der Waals surface area contributed by atoms with Crippen LogP contribution >= 0.6 is 0 Å². The van der Waals surface area contributed by atoms with Crippen LogP contribution in [0, 0.1) is 6.92 Å². The molecular formula is C12H15N3O3. The van der Waals surface area contributed by atoms with E-state index in [9.17, 15) is 0 Å². The Morgan fingerprint density at radius 3 is 2.67 bits per heavy atom. The zero-order chi connectivity index (χ0) is 13.0. The highest BCUT2D eigenvalue weighted by Gasteiger charge is 2.08. The predicted octanol–water partition coefficient (Wildman–Crippen LogP) is 2.01. The molecule has 0 aliphatic carbocycles. The molecule has 0 bridgehead atoms. The van der Waals surface area contributed by atoms with Gasteiger partial charge in [0.05, 0.1) is 26.5 Å². The number of nitrogens with one attached hydrogen (secondary N) is 1. The van der Waals surface area contributed by atoms with E-state index >= 15 is 0 Å². The molecule has 0 aliphatic rings. The Morgan fingerprint density at radius 2 is 2.06 bits per heavy atom. The van der Waals surface area contributed by atoms with Crippen molar-refractivity contribution in [2.45, 2.75) is 13.5 Å². The molecular weight excluding hydrogens is 234 g/mol. The molecule has 1 heterocycles. The Hall–Kier alpha value is -2.24. The van der Waals surface area contributed by atoms with Gasteiger partial charge in [-0.2, -0.15) is 0 Å². The number of hydrogen-bond donors (Lipinski definition) is 1. The maximum atomic E-state index is 5.27. The Labute approximate surface area is 105 Å². The summed E-state index contributed by atoms with van der Waals surface area (Å²) in [6.07, 6.45) is 0. The fraction of sp³-hybridized carbons (Fsp3) is 0.333. The van der Waals surface area contributed by atoms with Gasteiger partial charge in [0.2, 0.25) is 0 Å². The molecule has 0 unspecified atom stereocenters. The first-order chi connectivity index (χ1) is 8.74. The van der Waals surface area contributed by atoms with Gasteiger partial charge >= 0.3 is 0 Å². The molecule has 2 rings (SSSR count). The summed E-state index contributed by atoms with van der Waals surface area (Å²) in [5, 5.41) is 10.7. The molecule has 0 saturated heterocycles. The zero-order valence-electron chi connectivity index (χ0n) is 10.6. The second-order valence-electron chi connectivity index (χ2n) is 3.72. The number of aromatic nitrogens is 2. The van der Waals surface area contributed by atoms with Crippen LogP contribution in [0.1, 0.15) is 11.4 Å². The molecule has 6 nitrogen and oxygen atoms in total. The zero-order valence-corrected chi connectivity index (χ0v) is 10.6. The number of methoxy groups -OCH3 is 2. The molecule has 96 valence electrons. The van der Waals surface area contributed by atoms with Crippen molar-refractivity contribution in [3.05, 3.63) is 29.6 Å². The van der Waals surface area contributed by atoms with Gasteiger partial charge in [-0.15, -0.1) is 0 Å². The average molecular weight is 249 g/mol. The van der Waals surface area contributed by atoms with Crippen LogP contribution in [-0.4, -0.2) is 24.5 Å². The van der Waals surface area contributed by atoms with E-state index in [4.69, 9.17) is 9.47 Å². The van der Waals surface area contributed by atoms with Crippen LogP contribution in [-0.2, 0) is 6.54 Å². The molecule has 1 N–H and O–H groups in total. The summed E-state index contributed by atoms with van der Waals surface area (Å²) in [5.41, 5.74) is 2.36. The lowest BCUT2D eigenvalue weighted by molar-refractivity contribution is 0.301. The number of ether oxygens (including phenoxy) is 2. The second-order valence-corrected chi connectivity index (χ2v) is 3.72. The first-order valence-electron chi connectivity index (χ1n) is 5.48. The summed E-state index contributed by atoms with van der Waals surface area (Å²) in [6.45, 7) is 2.36. The summed E-state index contributed by atoms with van der Waals surface area (Å²) < 4.78 is 15.1. The van der Waals surface area contributed by atoms with E-state index in [2.05, 4.69) is 20.3 Å². The third-order valence-corrected chi connectivity index (χ3v) is 2.60. The van der Waals surface area contributed by atoms with Crippen LogP contribution in [0.2, 0.25) is 0 Å². The highest BCUT2D eigenvalue weighted by atomic mass is 16.6. The summed E-state index contributed by atoms with van der Waals surface area (Å²) in [4.78, 5) is 0. The number of rotatable bonds is 5. The third kappa shape index (κ3) is 2.53. The van der Waals surface area contributed by atoms with Gasteiger partial charge in [-0.25, -0.2) is 4.63 Å². The maximum absolute atomic E-state index is 5.27. The molecule has 1 aromatic heterocycles. The van der Waals surface area contributed by atoms with E-state index in [1.54, 1.807) is 14.2 Å². The molecule has 0 atom stereocenters. The molecule has 6 heteroatoms. The number of hydrogen-bond acceptors (Lipinski definition) is 6. The van der Waals surface area contributed by atoms with E-state index in [-0.39, 0.29) is 0 Å². The van der Waals surface area contributed by atoms with Gasteiger partial charge in [-0.3, -0.25) is 0 Å². The van der Waals surface area contributed by atoms with Gasteiger partial charge in [0.1, 0.15) is 22.9 Å². The van der Waals surface area contributed by atoms with Crippen LogP contribution in [0.4, 0.5) is 5.69 Å². The maximum Gasteiger partial charge on any atom is 0.142 e. The minimum absolute atomic E-state index is 0.513. The highest BCUT2D eigenvalue weighted by molar-refractivity contribution is 5.59. The molecule has 2 aromatic rings. The van der Waals surface area contributed by atoms with Crippen molar-refractivity contribution in [1.29, 1.82) is 0 Å². The van der Waals surface area contributed by atoms with Crippen molar-refractivity contribution >= 4 is 5.69 Å². The van der Waals surface area contributed by atoms with Crippen LogP contribution in [0.5, 0.6) is 11.5 Å². The van der Waals surface area contributed by atoms with Crippen LogP contribution in [0.25, 0.3) is 0 Å². The highest BCUT2D eigenvalue weighted by Crippen LogP contribution is 2.29. The molecule has 0 aliphatic heterocycles. The standard InChI is InChI=1S/C12H15N3O3/c1-8-11(15-18-14-8)7-13-10-6-9(16-2)4-5-12(10)17-3/h4-6,13H,7H2,1-3H3. The van der Waals surface area contributed by atoms with E-state index in [0.717, 1.165) is 28.6 Å². The fourth-order valence-electron chi connectivity index (χ4n) is 1.54. The van der Waals surface area contributed by atoms with Gasteiger partial charge in [0.15, 0.2) is 0 Å². The lowest BCUT2D eigenvalue weighted by atomic mass is 10.2. The summed E-state index contributed by atoms with van der Waals surface area (Å²) in [6, 6.07) is 5.55. The molecule has 0 fully saturated rings. The van der Waals surface area contributed by atoms with Gasteiger partial charge in [0, 0.05) is 6.07 Å². The van der Waals surface area contributed by atoms with E-state index < -0.39 is 0 Å². The van der Waals surface area contributed by atoms with Gasteiger partial charge in [0.25, 0.3) is 0 Å².